The lowest BCUT2D eigenvalue weighted by atomic mass is 10.3. The molecule has 6 nitrogen and oxygen atoms in total. The number of hydrogen-bond acceptors (Lipinski definition) is 5. The Morgan fingerprint density at radius 2 is 1.96 bits per heavy atom. The number of rotatable bonds is 8. The largest absolute Gasteiger partial charge is 0.494 e. The molecule has 2 rings (SSSR count). The number of nitrogens with zero attached hydrogens (tertiary/aromatic N) is 4. The Kier molecular flexibility index (Phi) is 8.62. The van der Waals surface area contributed by atoms with Gasteiger partial charge in [-0.05, 0) is 50.0 Å². The predicted octanol–water partition coefficient (Wildman–Crippen LogP) is 2.94. The monoisotopic (exact) mass is 375 g/mol. The highest BCUT2D eigenvalue weighted by Gasteiger charge is 2.22. The van der Waals surface area contributed by atoms with Gasteiger partial charge in [0, 0.05) is 31.9 Å². The molecule has 1 saturated heterocycles. The third-order valence-corrected chi connectivity index (χ3v) is 4.68. The zero-order valence-corrected chi connectivity index (χ0v) is 16.6. The summed E-state index contributed by atoms with van der Waals surface area (Å²) in [6.07, 6.45) is 2.63. The van der Waals surface area contributed by atoms with Gasteiger partial charge in [0.15, 0.2) is 5.11 Å². The number of anilines is 1. The number of nitriles is 1. The standard InChI is InChI=1S/C19H29N5OS/c1-3-4-16-25-18-8-6-17(7-9-18)21-19(26)24(11-5-10-20)23-14-12-22(2)13-15-23/h6-9H,3-5,11-16H2,1-2H3,(H,21,26). The number of hydrogen-bond donors (Lipinski definition) is 1. The SMILES string of the molecule is CCCCOc1ccc(NC(=S)N(CCC#N)N2CCN(C)CC2)cc1. The summed E-state index contributed by atoms with van der Waals surface area (Å²) in [4.78, 5) is 2.30. The smallest absolute Gasteiger partial charge is 0.188 e. The molecule has 1 aromatic carbocycles. The zero-order valence-electron chi connectivity index (χ0n) is 15.8. The van der Waals surface area contributed by atoms with E-state index < -0.39 is 0 Å². The fourth-order valence-corrected chi connectivity index (χ4v) is 3.05. The molecule has 1 aliphatic heterocycles. The fourth-order valence-electron chi connectivity index (χ4n) is 2.72. The fraction of sp³-hybridized carbons (Fsp3) is 0.579. The highest BCUT2D eigenvalue weighted by Crippen LogP contribution is 2.17. The van der Waals surface area contributed by atoms with Gasteiger partial charge in [0.25, 0.3) is 0 Å². The van der Waals surface area contributed by atoms with Crippen molar-refractivity contribution in [3.63, 3.8) is 0 Å². The minimum absolute atomic E-state index is 0.443. The van der Waals surface area contributed by atoms with Crippen molar-refractivity contribution in [1.82, 2.24) is 14.9 Å². The van der Waals surface area contributed by atoms with E-state index in [9.17, 15) is 0 Å². The molecular formula is C19H29N5OS. The molecule has 1 heterocycles. The number of nitrogens with one attached hydrogen (secondary N) is 1. The van der Waals surface area contributed by atoms with Crippen LogP contribution >= 0.6 is 12.2 Å². The summed E-state index contributed by atoms with van der Waals surface area (Å²) in [7, 11) is 2.12. The van der Waals surface area contributed by atoms with Gasteiger partial charge in [-0.1, -0.05) is 13.3 Å². The molecular weight excluding hydrogens is 346 g/mol. The maximum atomic E-state index is 8.97. The Bertz CT molecular complexity index is 593. The summed E-state index contributed by atoms with van der Waals surface area (Å²) < 4.78 is 5.69. The van der Waals surface area contributed by atoms with E-state index >= 15 is 0 Å². The first kappa shape index (κ1) is 20.4. The van der Waals surface area contributed by atoms with Crippen LogP contribution in [-0.2, 0) is 0 Å². The van der Waals surface area contributed by atoms with Crippen LogP contribution in [-0.4, -0.2) is 66.4 Å². The van der Waals surface area contributed by atoms with Gasteiger partial charge >= 0.3 is 0 Å². The van der Waals surface area contributed by atoms with E-state index in [4.69, 9.17) is 22.2 Å². The zero-order chi connectivity index (χ0) is 18.8. The quantitative estimate of drug-likeness (QED) is 0.554. The Morgan fingerprint density at radius 1 is 1.27 bits per heavy atom. The number of benzene rings is 1. The number of likely N-dealkylation sites (N-methyl/N-ethyl adjacent to an activating group) is 1. The van der Waals surface area contributed by atoms with Gasteiger partial charge < -0.3 is 15.0 Å². The van der Waals surface area contributed by atoms with Crippen LogP contribution in [0.15, 0.2) is 24.3 Å². The minimum Gasteiger partial charge on any atom is -0.494 e. The molecule has 0 amide bonds. The van der Waals surface area contributed by atoms with Crippen molar-refractivity contribution in [3.05, 3.63) is 24.3 Å². The number of piperazine rings is 1. The maximum Gasteiger partial charge on any atom is 0.188 e. The summed E-state index contributed by atoms with van der Waals surface area (Å²) >= 11 is 5.62. The van der Waals surface area contributed by atoms with Crippen LogP contribution in [0.2, 0.25) is 0 Å². The third kappa shape index (κ3) is 6.45. The van der Waals surface area contributed by atoms with E-state index in [0.717, 1.165) is 57.1 Å². The molecule has 1 aliphatic rings. The van der Waals surface area contributed by atoms with Gasteiger partial charge in [-0.3, -0.25) is 5.01 Å². The lowest BCUT2D eigenvalue weighted by Crippen LogP contribution is -2.56. The first-order valence-electron chi connectivity index (χ1n) is 9.25. The van der Waals surface area contributed by atoms with Crippen molar-refractivity contribution in [1.29, 1.82) is 5.26 Å². The molecule has 1 N–H and O–H groups in total. The van der Waals surface area contributed by atoms with Gasteiger partial charge in [-0.25, -0.2) is 5.01 Å². The second kappa shape index (κ2) is 11.0. The van der Waals surface area contributed by atoms with Crippen LogP contribution in [0.1, 0.15) is 26.2 Å². The van der Waals surface area contributed by atoms with Crippen LogP contribution in [0.5, 0.6) is 5.75 Å². The van der Waals surface area contributed by atoms with E-state index in [0.29, 0.717) is 18.1 Å². The van der Waals surface area contributed by atoms with Crippen molar-refractivity contribution in [2.24, 2.45) is 0 Å². The average Bonchev–Trinajstić information content (AvgIpc) is 2.65. The molecule has 0 aliphatic carbocycles. The topological polar surface area (TPSA) is 54.8 Å². The number of unbranched alkanes of at least 4 members (excludes halogenated alkanes) is 1. The van der Waals surface area contributed by atoms with Crippen molar-refractivity contribution >= 4 is 23.0 Å². The summed E-state index contributed by atoms with van der Waals surface area (Å²) in [5.74, 6) is 0.871. The second-order valence-corrected chi connectivity index (χ2v) is 6.83. The van der Waals surface area contributed by atoms with E-state index in [1.165, 1.54) is 0 Å². The molecule has 0 bridgehead atoms. The van der Waals surface area contributed by atoms with E-state index in [1.807, 2.05) is 29.3 Å². The summed E-state index contributed by atoms with van der Waals surface area (Å²) in [6, 6.07) is 10.1. The Labute approximate surface area is 162 Å². The summed E-state index contributed by atoms with van der Waals surface area (Å²) in [5.41, 5.74) is 0.925. The first-order valence-corrected chi connectivity index (χ1v) is 9.66. The number of thiocarbonyl (C=S) groups is 1. The Hall–Kier alpha value is -1.88. The van der Waals surface area contributed by atoms with Gasteiger partial charge in [0.2, 0.25) is 0 Å². The second-order valence-electron chi connectivity index (χ2n) is 6.44. The minimum atomic E-state index is 0.443. The Morgan fingerprint density at radius 3 is 2.58 bits per heavy atom. The molecule has 0 saturated carbocycles. The highest BCUT2D eigenvalue weighted by molar-refractivity contribution is 7.80. The average molecular weight is 376 g/mol. The number of hydrazine groups is 1. The molecule has 0 unspecified atom stereocenters. The van der Waals surface area contributed by atoms with Crippen LogP contribution in [0.4, 0.5) is 5.69 Å². The molecule has 26 heavy (non-hydrogen) atoms. The van der Waals surface area contributed by atoms with Gasteiger partial charge in [-0.2, -0.15) is 5.26 Å². The summed E-state index contributed by atoms with van der Waals surface area (Å²) in [5, 5.41) is 17.1. The van der Waals surface area contributed by atoms with Crippen LogP contribution in [0.25, 0.3) is 0 Å². The number of ether oxygens (including phenoxy) is 1. The van der Waals surface area contributed by atoms with Gasteiger partial charge in [0.1, 0.15) is 5.75 Å². The van der Waals surface area contributed by atoms with E-state index in [1.54, 1.807) is 0 Å². The molecule has 1 aromatic rings. The van der Waals surface area contributed by atoms with Crippen LogP contribution < -0.4 is 10.1 Å². The highest BCUT2D eigenvalue weighted by atomic mass is 32.1. The molecule has 1 fully saturated rings. The predicted molar refractivity (Wildman–Crippen MR) is 109 cm³/mol. The van der Waals surface area contributed by atoms with Crippen molar-refractivity contribution in [3.8, 4) is 11.8 Å². The normalized spacial score (nSPS) is 15.3. The lowest BCUT2D eigenvalue weighted by molar-refractivity contribution is 0.00620. The molecule has 0 spiro atoms. The lowest BCUT2D eigenvalue weighted by Gasteiger charge is -2.41. The molecule has 7 heteroatoms. The van der Waals surface area contributed by atoms with Gasteiger partial charge in [0.05, 0.1) is 25.6 Å². The summed E-state index contributed by atoms with van der Waals surface area (Å²) in [6.45, 7) is 7.31. The molecule has 142 valence electrons. The molecule has 0 atom stereocenters. The molecule has 0 aromatic heterocycles. The van der Waals surface area contributed by atoms with Crippen molar-refractivity contribution < 1.29 is 4.74 Å². The van der Waals surface area contributed by atoms with Gasteiger partial charge in [-0.15, -0.1) is 0 Å². The Balaban J connectivity index is 1.94. The molecule has 0 radical (unpaired) electrons. The van der Waals surface area contributed by atoms with Crippen molar-refractivity contribution in [2.45, 2.75) is 26.2 Å². The first-order chi connectivity index (χ1) is 12.6. The van der Waals surface area contributed by atoms with E-state index in [2.05, 4.69) is 35.3 Å². The van der Waals surface area contributed by atoms with Crippen LogP contribution in [0.3, 0.4) is 0 Å². The maximum absolute atomic E-state index is 8.97. The van der Waals surface area contributed by atoms with E-state index in [-0.39, 0.29) is 0 Å². The third-order valence-electron chi connectivity index (χ3n) is 4.36. The van der Waals surface area contributed by atoms with Crippen LogP contribution in [0, 0.1) is 11.3 Å². The van der Waals surface area contributed by atoms with Crippen molar-refractivity contribution in [2.75, 3.05) is 51.7 Å².